The van der Waals surface area contributed by atoms with E-state index < -0.39 is 0 Å². The van der Waals surface area contributed by atoms with Crippen molar-refractivity contribution in [3.63, 3.8) is 0 Å². The summed E-state index contributed by atoms with van der Waals surface area (Å²) >= 11 is 0. The largest absolute Gasteiger partial charge is 0.370 e. The molecule has 0 spiro atoms. The summed E-state index contributed by atoms with van der Waals surface area (Å²) < 4.78 is 5.88. The van der Waals surface area contributed by atoms with Crippen molar-refractivity contribution in [1.82, 2.24) is 9.96 Å². The second kappa shape index (κ2) is 6.86. The second-order valence-corrected chi connectivity index (χ2v) is 6.38. The minimum Gasteiger partial charge on any atom is -0.370 e. The molecule has 2 aliphatic heterocycles. The van der Waals surface area contributed by atoms with E-state index in [2.05, 4.69) is 31.2 Å². The number of carbonyl (C=O) groups is 1. The number of hydrogen-bond acceptors (Lipinski definition) is 3. The lowest BCUT2D eigenvalue weighted by atomic mass is 10.0. The van der Waals surface area contributed by atoms with Gasteiger partial charge in [0.05, 0.1) is 13.2 Å². The number of ether oxygens (including phenoxy) is 1. The van der Waals surface area contributed by atoms with Crippen molar-refractivity contribution in [3.8, 4) is 0 Å². The Morgan fingerprint density at radius 3 is 2.56 bits per heavy atom. The maximum atomic E-state index is 12.7. The van der Waals surface area contributed by atoms with Gasteiger partial charge in [0.1, 0.15) is 6.10 Å². The molecule has 0 radical (unpaired) electrons. The fourth-order valence-electron chi connectivity index (χ4n) is 3.17. The highest BCUT2D eigenvalue weighted by Gasteiger charge is 2.45. The number of carbonyl (C=O) groups excluding carboxylic acids is 1. The lowest BCUT2D eigenvalue weighted by Gasteiger charge is -2.32. The molecule has 0 saturated carbocycles. The predicted octanol–water partition coefficient (Wildman–Crippen LogP) is 3.69. The highest BCUT2D eigenvalue weighted by molar-refractivity contribution is 5.75. The summed E-state index contributed by atoms with van der Waals surface area (Å²) in [7, 11) is 0. The maximum Gasteiger partial charge on any atom is 0.347 e. The number of morpholine rings is 1. The molecule has 0 bridgehead atoms. The molecule has 2 atom stereocenters. The third-order valence-electron chi connectivity index (χ3n) is 4.75. The van der Waals surface area contributed by atoms with Crippen LogP contribution < -0.4 is 0 Å². The first kappa shape index (κ1) is 16.1. The van der Waals surface area contributed by atoms with Gasteiger partial charge < -0.3 is 9.64 Å². The fraction of sp³-hybridized carbons (Fsp3) is 0.350. The van der Waals surface area contributed by atoms with Gasteiger partial charge in [0.15, 0.2) is 0 Å². The predicted molar refractivity (Wildman–Crippen MR) is 93.6 cm³/mol. The van der Waals surface area contributed by atoms with Crippen molar-refractivity contribution in [3.05, 3.63) is 71.3 Å². The number of amides is 2. The molecule has 2 fully saturated rings. The van der Waals surface area contributed by atoms with E-state index in [0.717, 1.165) is 17.5 Å². The van der Waals surface area contributed by atoms with Crippen molar-refractivity contribution < 1.29 is 14.4 Å². The van der Waals surface area contributed by atoms with Gasteiger partial charge >= 0.3 is 6.03 Å². The zero-order valence-electron chi connectivity index (χ0n) is 14.3. The Labute approximate surface area is 147 Å². The number of aryl methyl sites for hydroxylation is 1. The molecule has 5 nitrogen and oxygen atoms in total. The SMILES string of the molecule is CCc1ccc(C2CN(C(=O)N3OC3c3ccccc3)CCO2)cc1. The van der Waals surface area contributed by atoms with Gasteiger partial charge in [-0.1, -0.05) is 61.5 Å². The summed E-state index contributed by atoms with van der Waals surface area (Å²) in [5.74, 6) is 0. The Balaban J connectivity index is 1.40. The van der Waals surface area contributed by atoms with Crippen LogP contribution in [0.2, 0.25) is 0 Å². The third kappa shape index (κ3) is 3.38. The molecule has 5 heteroatoms. The summed E-state index contributed by atoms with van der Waals surface area (Å²) in [5, 5.41) is 1.44. The van der Waals surface area contributed by atoms with Crippen molar-refractivity contribution in [1.29, 1.82) is 0 Å². The highest BCUT2D eigenvalue weighted by Crippen LogP contribution is 2.38. The Hall–Kier alpha value is -2.37. The molecule has 2 aromatic carbocycles. The number of hydrogen-bond donors (Lipinski definition) is 0. The van der Waals surface area contributed by atoms with Gasteiger partial charge in [-0.15, -0.1) is 0 Å². The standard InChI is InChI=1S/C20H22N2O3/c1-2-15-8-10-16(11-9-15)18-14-21(12-13-24-18)20(23)22-19(25-22)17-6-4-3-5-7-17/h3-11,18-19H,2,12-14H2,1H3. The van der Waals surface area contributed by atoms with E-state index in [1.165, 1.54) is 10.6 Å². The van der Waals surface area contributed by atoms with Crippen LogP contribution in [0.1, 0.15) is 35.9 Å². The Kier molecular flexibility index (Phi) is 4.42. The quantitative estimate of drug-likeness (QED) is 0.802. The van der Waals surface area contributed by atoms with Crippen LogP contribution in [0, 0.1) is 0 Å². The average Bonchev–Trinajstić information content (AvgIpc) is 3.49. The van der Waals surface area contributed by atoms with Gasteiger partial charge in [0.2, 0.25) is 6.23 Å². The smallest absolute Gasteiger partial charge is 0.347 e. The molecular weight excluding hydrogens is 316 g/mol. The van der Waals surface area contributed by atoms with Crippen molar-refractivity contribution in [2.75, 3.05) is 19.7 Å². The van der Waals surface area contributed by atoms with Crippen LogP contribution in [-0.2, 0) is 16.0 Å². The zero-order chi connectivity index (χ0) is 17.2. The summed E-state index contributed by atoms with van der Waals surface area (Å²) in [5.41, 5.74) is 3.41. The molecule has 2 aromatic rings. The van der Waals surface area contributed by atoms with E-state index in [1.807, 2.05) is 35.2 Å². The number of benzene rings is 2. The molecule has 0 aliphatic carbocycles. The summed E-state index contributed by atoms with van der Waals surface area (Å²) in [6, 6.07) is 18.1. The minimum atomic E-state index is -0.265. The number of urea groups is 1. The molecule has 25 heavy (non-hydrogen) atoms. The molecule has 2 unspecified atom stereocenters. The lowest BCUT2D eigenvalue weighted by Crippen LogP contribution is -2.44. The van der Waals surface area contributed by atoms with E-state index in [-0.39, 0.29) is 18.4 Å². The molecular formula is C20H22N2O3. The number of rotatable bonds is 3. The molecule has 2 heterocycles. The van der Waals surface area contributed by atoms with Crippen LogP contribution in [0.3, 0.4) is 0 Å². The van der Waals surface area contributed by atoms with Crippen LogP contribution in [0.15, 0.2) is 54.6 Å². The minimum absolute atomic E-state index is 0.0845. The van der Waals surface area contributed by atoms with Gasteiger partial charge in [0, 0.05) is 12.1 Å². The van der Waals surface area contributed by atoms with Crippen molar-refractivity contribution in [2.24, 2.45) is 0 Å². The van der Waals surface area contributed by atoms with Gasteiger partial charge in [-0.3, -0.25) is 0 Å². The van der Waals surface area contributed by atoms with E-state index in [1.54, 1.807) is 0 Å². The molecule has 130 valence electrons. The van der Waals surface area contributed by atoms with Crippen molar-refractivity contribution >= 4 is 6.03 Å². The Bertz CT molecular complexity index is 732. The third-order valence-corrected chi connectivity index (χ3v) is 4.75. The van der Waals surface area contributed by atoms with E-state index in [4.69, 9.17) is 9.57 Å². The Morgan fingerprint density at radius 2 is 1.84 bits per heavy atom. The van der Waals surface area contributed by atoms with Crippen LogP contribution in [-0.4, -0.2) is 35.7 Å². The first-order valence-electron chi connectivity index (χ1n) is 8.76. The van der Waals surface area contributed by atoms with E-state index >= 15 is 0 Å². The average molecular weight is 338 g/mol. The summed E-state index contributed by atoms with van der Waals surface area (Å²) in [6.07, 6.45) is 0.668. The normalized spacial score (nSPS) is 22.8. The summed E-state index contributed by atoms with van der Waals surface area (Å²) in [4.78, 5) is 20.0. The molecule has 2 amide bonds. The van der Waals surface area contributed by atoms with Crippen LogP contribution in [0.5, 0.6) is 0 Å². The molecule has 0 N–H and O–H groups in total. The molecule has 2 aliphatic rings. The topological polar surface area (TPSA) is 45.1 Å². The fourth-order valence-corrected chi connectivity index (χ4v) is 3.17. The summed E-state index contributed by atoms with van der Waals surface area (Å²) in [6.45, 7) is 3.81. The lowest BCUT2D eigenvalue weighted by molar-refractivity contribution is -0.0212. The number of hydroxylamine groups is 2. The monoisotopic (exact) mass is 338 g/mol. The van der Waals surface area contributed by atoms with E-state index in [0.29, 0.717) is 19.7 Å². The van der Waals surface area contributed by atoms with E-state index in [9.17, 15) is 4.79 Å². The second-order valence-electron chi connectivity index (χ2n) is 6.38. The number of nitrogens with zero attached hydrogens (tertiary/aromatic N) is 2. The maximum absolute atomic E-state index is 12.7. The molecule has 0 aromatic heterocycles. The van der Waals surface area contributed by atoms with Crippen LogP contribution in [0.25, 0.3) is 0 Å². The van der Waals surface area contributed by atoms with Gasteiger partial charge in [-0.2, -0.15) is 5.06 Å². The van der Waals surface area contributed by atoms with Gasteiger partial charge in [0.25, 0.3) is 0 Å². The molecule has 4 rings (SSSR count). The van der Waals surface area contributed by atoms with Gasteiger partial charge in [-0.25, -0.2) is 9.63 Å². The van der Waals surface area contributed by atoms with Crippen LogP contribution >= 0.6 is 0 Å². The Morgan fingerprint density at radius 1 is 1.08 bits per heavy atom. The van der Waals surface area contributed by atoms with Crippen LogP contribution in [0.4, 0.5) is 4.79 Å². The first-order chi connectivity index (χ1) is 12.3. The highest BCUT2D eigenvalue weighted by atomic mass is 16.8. The first-order valence-corrected chi connectivity index (χ1v) is 8.76. The van der Waals surface area contributed by atoms with Crippen molar-refractivity contribution in [2.45, 2.75) is 25.7 Å². The zero-order valence-corrected chi connectivity index (χ0v) is 14.3. The molecule has 2 saturated heterocycles. The van der Waals surface area contributed by atoms with Gasteiger partial charge in [-0.05, 0) is 17.5 Å².